The minimum absolute atomic E-state index is 0.128. The van der Waals surface area contributed by atoms with E-state index in [-0.39, 0.29) is 11.9 Å². The molecule has 0 aliphatic carbocycles. The number of carbonyl (C=O) groups is 1. The highest BCUT2D eigenvalue weighted by Gasteiger charge is 2.29. The van der Waals surface area contributed by atoms with Crippen molar-refractivity contribution in [3.63, 3.8) is 0 Å². The third kappa shape index (κ3) is 3.43. The third-order valence-corrected chi connectivity index (χ3v) is 5.59. The first kappa shape index (κ1) is 18.4. The van der Waals surface area contributed by atoms with Gasteiger partial charge in [-0.05, 0) is 31.0 Å². The number of carbonyl (C=O) groups excluding carboxylic acids is 1. The van der Waals surface area contributed by atoms with Gasteiger partial charge in [-0.2, -0.15) is 10.1 Å². The summed E-state index contributed by atoms with van der Waals surface area (Å²) in [6.07, 6.45) is 2.03. The quantitative estimate of drug-likeness (QED) is 0.553. The molecule has 0 radical (unpaired) electrons. The molecule has 5 rings (SSSR count). The number of benzene rings is 2. The van der Waals surface area contributed by atoms with Crippen LogP contribution in [-0.2, 0) is 7.05 Å². The molecule has 0 bridgehead atoms. The fourth-order valence-electron chi connectivity index (χ4n) is 4.01. The molecule has 3 heterocycles. The normalized spacial score (nSPS) is 16.3. The van der Waals surface area contributed by atoms with Gasteiger partial charge in [0.1, 0.15) is 11.2 Å². The number of fused-ring (bicyclic) bond motifs is 1. The Morgan fingerprint density at radius 3 is 2.80 bits per heavy atom. The van der Waals surface area contributed by atoms with E-state index in [1.165, 1.54) is 0 Å². The zero-order chi connectivity index (χ0) is 20.5. The number of nitrogens with one attached hydrogen (secondary N) is 1. The molecule has 30 heavy (non-hydrogen) atoms. The van der Waals surface area contributed by atoms with Gasteiger partial charge in [0.2, 0.25) is 0 Å². The first-order chi connectivity index (χ1) is 14.7. The largest absolute Gasteiger partial charge is 0.423 e. The maximum atomic E-state index is 12.8. The van der Waals surface area contributed by atoms with E-state index in [9.17, 15) is 4.79 Å². The Hall–Kier alpha value is -3.61. The number of amides is 1. The Labute approximate surface area is 174 Å². The topological polar surface area (TPSA) is 76.2 Å². The Kier molecular flexibility index (Phi) is 4.71. The van der Waals surface area contributed by atoms with Crippen molar-refractivity contribution in [1.82, 2.24) is 20.1 Å². The summed E-state index contributed by atoms with van der Waals surface area (Å²) in [6.45, 7) is 1.40. The Balaban J connectivity index is 1.28. The SMILES string of the molecule is Cn1nc(-c2ccccc2)cc1C(=O)NCC1CCCN1c1nc2ccccc2o1. The van der Waals surface area contributed by atoms with Crippen LogP contribution < -0.4 is 10.2 Å². The summed E-state index contributed by atoms with van der Waals surface area (Å²) in [7, 11) is 1.79. The number of hydrogen-bond acceptors (Lipinski definition) is 5. The molecule has 0 saturated carbocycles. The van der Waals surface area contributed by atoms with Crippen LogP contribution in [0.2, 0.25) is 0 Å². The number of para-hydroxylation sites is 2. The van der Waals surface area contributed by atoms with Gasteiger partial charge in [0.05, 0.1) is 11.7 Å². The van der Waals surface area contributed by atoms with Gasteiger partial charge in [-0.1, -0.05) is 42.5 Å². The number of nitrogens with zero attached hydrogens (tertiary/aromatic N) is 4. The number of aromatic nitrogens is 3. The molecule has 1 aliphatic heterocycles. The Bertz CT molecular complexity index is 1150. The molecule has 152 valence electrons. The second kappa shape index (κ2) is 7.67. The molecule has 1 fully saturated rings. The van der Waals surface area contributed by atoms with Crippen LogP contribution in [0.25, 0.3) is 22.4 Å². The molecule has 7 heteroatoms. The van der Waals surface area contributed by atoms with Crippen molar-refractivity contribution in [3.05, 3.63) is 66.4 Å². The van der Waals surface area contributed by atoms with Gasteiger partial charge in [0.15, 0.2) is 5.58 Å². The molecular weight excluding hydrogens is 378 g/mol. The number of anilines is 1. The van der Waals surface area contributed by atoms with Crippen molar-refractivity contribution >= 4 is 23.0 Å². The summed E-state index contributed by atoms with van der Waals surface area (Å²) >= 11 is 0. The maximum absolute atomic E-state index is 12.8. The van der Waals surface area contributed by atoms with E-state index in [0.717, 1.165) is 41.7 Å². The Morgan fingerprint density at radius 1 is 1.17 bits per heavy atom. The fraction of sp³-hybridized carbons (Fsp3) is 0.261. The standard InChI is InChI=1S/C23H23N5O2/c1-27-20(14-19(26-27)16-8-3-2-4-9-16)22(29)24-15-17-10-7-13-28(17)23-25-18-11-5-6-12-21(18)30-23/h2-6,8-9,11-12,14,17H,7,10,13,15H2,1H3,(H,24,29). The van der Waals surface area contributed by atoms with E-state index < -0.39 is 0 Å². The first-order valence-electron chi connectivity index (χ1n) is 10.2. The summed E-state index contributed by atoms with van der Waals surface area (Å²) < 4.78 is 7.56. The second-order valence-corrected chi connectivity index (χ2v) is 7.57. The summed E-state index contributed by atoms with van der Waals surface area (Å²) in [5, 5.41) is 7.56. The van der Waals surface area contributed by atoms with Crippen molar-refractivity contribution < 1.29 is 9.21 Å². The van der Waals surface area contributed by atoms with Crippen LogP contribution >= 0.6 is 0 Å². The van der Waals surface area contributed by atoms with Gasteiger partial charge in [-0.15, -0.1) is 0 Å². The Morgan fingerprint density at radius 2 is 1.97 bits per heavy atom. The van der Waals surface area contributed by atoms with E-state index >= 15 is 0 Å². The first-order valence-corrected chi connectivity index (χ1v) is 10.2. The predicted octanol–water partition coefficient (Wildman–Crippen LogP) is 3.63. The molecule has 4 aromatic rings. The van der Waals surface area contributed by atoms with E-state index in [1.807, 2.05) is 60.7 Å². The highest BCUT2D eigenvalue weighted by atomic mass is 16.4. The summed E-state index contributed by atoms with van der Waals surface area (Å²) in [5.41, 5.74) is 3.96. The predicted molar refractivity (Wildman–Crippen MR) is 115 cm³/mol. The molecule has 0 spiro atoms. The highest BCUT2D eigenvalue weighted by molar-refractivity contribution is 5.93. The molecule has 1 amide bonds. The second-order valence-electron chi connectivity index (χ2n) is 7.57. The van der Waals surface area contributed by atoms with Crippen molar-refractivity contribution in [1.29, 1.82) is 0 Å². The maximum Gasteiger partial charge on any atom is 0.298 e. The molecule has 1 atom stereocenters. The van der Waals surface area contributed by atoms with Crippen molar-refractivity contribution in [2.45, 2.75) is 18.9 Å². The minimum atomic E-state index is -0.128. The lowest BCUT2D eigenvalue weighted by Gasteiger charge is -2.23. The number of hydrogen-bond donors (Lipinski definition) is 1. The van der Waals surface area contributed by atoms with Crippen LogP contribution in [0.3, 0.4) is 0 Å². The zero-order valence-electron chi connectivity index (χ0n) is 16.8. The molecule has 1 unspecified atom stereocenters. The van der Waals surface area contributed by atoms with Crippen LogP contribution in [-0.4, -0.2) is 39.8 Å². The van der Waals surface area contributed by atoms with E-state index in [4.69, 9.17) is 4.42 Å². The molecule has 2 aromatic heterocycles. The lowest BCUT2D eigenvalue weighted by molar-refractivity contribution is 0.0941. The lowest BCUT2D eigenvalue weighted by atomic mass is 10.1. The van der Waals surface area contributed by atoms with Crippen LogP contribution in [0.15, 0.2) is 65.1 Å². The van der Waals surface area contributed by atoms with Gasteiger partial charge in [0, 0.05) is 25.7 Å². The summed E-state index contributed by atoms with van der Waals surface area (Å²) in [5.74, 6) is -0.128. The monoisotopic (exact) mass is 401 g/mol. The summed E-state index contributed by atoms with van der Waals surface area (Å²) in [4.78, 5) is 19.6. The average Bonchev–Trinajstić information content (AvgIpc) is 3.50. The van der Waals surface area contributed by atoms with E-state index in [0.29, 0.717) is 18.3 Å². The molecule has 1 aliphatic rings. The highest BCUT2D eigenvalue weighted by Crippen LogP contribution is 2.28. The average molecular weight is 401 g/mol. The van der Waals surface area contributed by atoms with E-state index in [1.54, 1.807) is 11.7 Å². The molecular formula is C23H23N5O2. The van der Waals surface area contributed by atoms with Gasteiger partial charge in [0.25, 0.3) is 11.9 Å². The molecule has 7 nitrogen and oxygen atoms in total. The van der Waals surface area contributed by atoms with Crippen LogP contribution in [0.5, 0.6) is 0 Å². The van der Waals surface area contributed by atoms with E-state index in [2.05, 4.69) is 20.3 Å². The minimum Gasteiger partial charge on any atom is -0.423 e. The van der Waals surface area contributed by atoms with Gasteiger partial charge >= 0.3 is 0 Å². The molecule has 1 N–H and O–H groups in total. The lowest BCUT2D eigenvalue weighted by Crippen LogP contribution is -2.40. The fourth-order valence-corrected chi connectivity index (χ4v) is 4.01. The van der Waals surface area contributed by atoms with Crippen LogP contribution in [0.4, 0.5) is 6.01 Å². The number of oxazole rings is 1. The van der Waals surface area contributed by atoms with Crippen molar-refractivity contribution in [2.24, 2.45) is 7.05 Å². The van der Waals surface area contributed by atoms with Crippen molar-refractivity contribution in [2.75, 3.05) is 18.0 Å². The van der Waals surface area contributed by atoms with Crippen LogP contribution in [0, 0.1) is 0 Å². The van der Waals surface area contributed by atoms with Gasteiger partial charge in [-0.3, -0.25) is 9.48 Å². The zero-order valence-corrected chi connectivity index (χ0v) is 16.8. The number of aryl methyl sites for hydroxylation is 1. The van der Waals surface area contributed by atoms with Gasteiger partial charge < -0.3 is 14.6 Å². The van der Waals surface area contributed by atoms with Crippen LogP contribution in [0.1, 0.15) is 23.3 Å². The molecule has 2 aromatic carbocycles. The van der Waals surface area contributed by atoms with Crippen molar-refractivity contribution in [3.8, 4) is 11.3 Å². The van der Waals surface area contributed by atoms with Gasteiger partial charge in [-0.25, -0.2) is 0 Å². The smallest absolute Gasteiger partial charge is 0.298 e. The summed E-state index contributed by atoms with van der Waals surface area (Å²) in [6, 6.07) is 20.2. The molecule has 1 saturated heterocycles. The number of rotatable bonds is 5. The third-order valence-electron chi connectivity index (χ3n) is 5.59.